The van der Waals surface area contributed by atoms with E-state index >= 15 is 0 Å². The zero-order valence-electron chi connectivity index (χ0n) is 20.7. The molecule has 0 radical (unpaired) electrons. The van der Waals surface area contributed by atoms with E-state index < -0.39 is 5.54 Å². The molecule has 1 N–H and O–H groups in total. The molecule has 1 aromatic carbocycles. The zero-order valence-corrected chi connectivity index (χ0v) is 20.7. The first-order chi connectivity index (χ1) is 17.1. The number of amides is 4. The predicted octanol–water partition coefficient (Wildman–Crippen LogP) is 3.21. The second kappa shape index (κ2) is 10.5. The predicted molar refractivity (Wildman–Crippen MR) is 135 cm³/mol. The van der Waals surface area contributed by atoms with Gasteiger partial charge in [-0.05, 0) is 69.5 Å². The highest BCUT2D eigenvalue weighted by atomic mass is 16.2. The molecule has 1 aliphatic carbocycles. The smallest absolute Gasteiger partial charge is 0.325 e. The topological polar surface area (TPSA) is 73.0 Å². The molecule has 3 aliphatic heterocycles. The van der Waals surface area contributed by atoms with Crippen molar-refractivity contribution in [3.63, 3.8) is 0 Å². The van der Waals surface area contributed by atoms with Gasteiger partial charge >= 0.3 is 6.03 Å². The SMILES string of the molecule is O=C(C1CC=CCC1)N1CCC(C2(Cc3ccccc3)NC(=O)N(CCN3CCCC3)C2=O)CC1. The molecule has 4 aliphatic rings. The van der Waals surface area contributed by atoms with Crippen molar-refractivity contribution in [2.75, 3.05) is 39.3 Å². The number of carbonyl (C=O) groups excluding carboxylic acids is 3. The number of hydrogen-bond donors (Lipinski definition) is 1. The highest BCUT2D eigenvalue weighted by molar-refractivity contribution is 6.07. The number of carbonyl (C=O) groups is 3. The number of urea groups is 1. The molecule has 2 atom stereocenters. The van der Waals surface area contributed by atoms with Crippen LogP contribution in [0.25, 0.3) is 0 Å². The van der Waals surface area contributed by atoms with Gasteiger partial charge in [-0.15, -0.1) is 0 Å². The monoisotopic (exact) mass is 478 g/mol. The summed E-state index contributed by atoms with van der Waals surface area (Å²) in [5.74, 6) is 0.252. The van der Waals surface area contributed by atoms with Gasteiger partial charge in [0.15, 0.2) is 0 Å². The molecule has 0 aromatic heterocycles. The van der Waals surface area contributed by atoms with Gasteiger partial charge in [-0.2, -0.15) is 0 Å². The standard InChI is InChI=1S/C28H38N4O3/c33-25(23-11-5-2-6-12-23)31-17-13-24(14-18-31)28(21-22-9-3-1-4-10-22)26(34)32(27(35)29-28)20-19-30-15-7-8-16-30/h1-5,9-10,23-24H,6-8,11-21H2,(H,29,35). The van der Waals surface area contributed by atoms with Gasteiger partial charge in [-0.3, -0.25) is 14.5 Å². The van der Waals surface area contributed by atoms with Crippen LogP contribution in [0.4, 0.5) is 4.79 Å². The van der Waals surface area contributed by atoms with E-state index in [4.69, 9.17) is 0 Å². The van der Waals surface area contributed by atoms with Crippen molar-refractivity contribution in [3.8, 4) is 0 Å². The van der Waals surface area contributed by atoms with Crippen molar-refractivity contribution in [1.29, 1.82) is 0 Å². The number of piperidine rings is 1. The Bertz CT molecular complexity index is 950. The third kappa shape index (κ3) is 5.01. The van der Waals surface area contributed by atoms with Crippen molar-refractivity contribution >= 4 is 17.8 Å². The maximum absolute atomic E-state index is 13.9. The van der Waals surface area contributed by atoms with Crippen LogP contribution in [0.15, 0.2) is 42.5 Å². The third-order valence-corrected chi connectivity index (χ3v) is 8.49. The number of nitrogens with zero attached hydrogens (tertiary/aromatic N) is 3. The van der Waals surface area contributed by atoms with Gasteiger partial charge in [-0.25, -0.2) is 4.79 Å². The number of likely N-dealkylation sites (tertiary alicyclic amines) is 2. The van der Waals surface area contributed by atoms with Gasteiger partial charge in [0.05, 0.1) is 0 Å². The summed E-state index contributed by atoms with van der Waals surface area (Å²) in [5, 5.41) is 3.17. The minimum absolute atomic E-state index is 0.00578. The molecular formula is C28H38N4O3. The second-order valence-electron chi connectivity index (χ2n) is 10.7. The fourth-order valence-electron chi connectivity index (χ4n) is 6.42. The molecule has 2 unspecified atom stereocenters. The van der Waals surface area contributed by atoms with Crippen LogP contribution >= 0.6 is 0 Å². The first kappa shape index (κ1) is 24.0. The lowest BCUT2D eigenvalue weighted by Crippen LogP contribution is -2.58. The highest BCUT2D eigenvalue weighted by Gasteiger charge is 2.56. The molecule has 35 heavy (non-hydrogen) atoms. The van der Waals surface area contributed by atoms with E-state index in [-0.39, 0.29) is 29.7 Å². The molecular weight excluding hydrogens is 440 g/mol. The summed E-state index contributed by atoms with van der Waals surface area (Å²) in [6, 6.07) is 9.73. The van der Waals surface area contributed by atoms with Gasteiger partial charge in [-0.1, -0.05) is 42.5 Å². The summed E-state index contributed by atoms with van der Waals surface area (Å²) in [5.41, 5.74) is 0.113. The number of allylic oxidation sites excluding steroid dienone is 2. The van der Waals surface area contributed by atoms with Gasteiger partial charge in [0, 0.05) is 38.5 Å². The highest BCUT2D eigenvalue weighted by Crippen LogP contribution is 2.37. The summed E-state index contributed by atoms with van der Waals surface area (Å²) in [4.78, 5) is 45.9. The van der Waals surface area contributed by atoms with Gasteiger partial charge in [0.1, 0.15) is 5.54 Å². The van der Waals surface area contributed by atoms with Crippen LogP contribution in [-0.4, -0.2) is 77.4 Å². The first-order valence-corrected chi connectivity index (χ1v) is 13.4. The van der Waals surface area contributed by atoms with Crippen molar-refractivity contribution < 1.29 is 14.4 Å². The van der Waals surface area contributed by atoms with E-state index in [2.05, 4.69) is 22.4 Å². The molecule has 7 heteroatoms. The number of rotatable bonds is 7. The lowest BCUT2D eigenvalue weighted by atomic mass is 9.73. The summed E-state index contributed by atoms with van der Waals surface area (Å²) >= 11 is 0. The van der Waals surface area contributed by atoms with Crippen molar-refractivity contribution in [1.82, 2.24) is 20.0 Å². The van der Waals surface area contributed by atoms with Crippen LogP contribution in [0.2, 0.25) is 0 Å². The maximum atomic E-state index is 13.9. The van der Waals surface area contributed by atoms with Crippen molar-refractivity contribution in [2.45, 2.75) is 56.9 Å². The van der Waals surface area contributed by atoms with E-state index in [1.807, 2.05) is 35.2 Å². The second-order valence-corrected chi connectivity index (χ2v) is 10.7. The largest absolute Gasteiger partial charge is 0.342 e. The van der Waals surface area contributed by atoms with Crippen LogP contribution in [0.3, 0.4) is 0 Å². The van der Waals surface area contributed by atoms with Gasteiger partial charge in [0.2, 0.25) is 5.91 Å². The molecule has 0 bridgehead atoms. The van der Waals surface area contributed by atoms with Crippen LogP contribution < -0.4 is 5.32 Å². The molecule has 3 fully saturated rings. The Balaban J connectivity index is 1.31. The summed E-state index contributed by atoms with van der Waals surface area (Å²) in [7, 11) is 0. The summed E-state index contributed by atoms with van der Waals surface area (Å²) < 4.78 is 0. The molecule has 3 heterocycles. The first-order valence-electron chi connectivity index (χ1n) is 13.4. The molecule has 188 valence electrons. The van der Waals surface area contributed by atoms with Crippen LogP contribution in [0, 0.1) is 11.8 Å². The molecule has 1 aromatic rings. The summed E-state index contributed by atoms with van der Waals surface area (Å²) in [6.07, 6.45) is 11.3. The zero-order chi connectivity index (χ0) is 24.3. The van der Waals surface area contributed by atoms with Crippen LogP contribution in [0.5, 0.6) is 0 Å². The Kier molecular flexibility index (Phi) is 7.23. The van der Waals surface area contributed by atoms with Crippen molar-refractivity contribution in [3.05, 3.63) is 48.0 Å². The Morgan fingerprint density at radius 1 is 0.943 bits per heavy atom. The molecule has 4 amide bonds. The number of hydrogen-bond acceptors (Lipinski definition) is 4. The average Bonchev–Trinajstić information content (AvgIpc) is 3.50. The molecule has 0 saturated carbocycles. The van der Waals surface area contributed by atoms with Gasteiger partial charge < -0.3 is 15.1 Å². The van der Waals surface area contributed by atoms with E-state index in [1.54, 1.807) is 0 Å². The van der Waals surface area contributed by atoms with Crippen LogP contribution in [-0.2, 0) is 16.0 Å². The number of benzene rings is 1. The molecule has 5 rings (SSSR count). The number of imide groups is 1. The fraction of sp³-hybridized carbons (Fsp3) is 0.607. The summed E-state index contributed by atoms with van der Waals surface area (Å²) in [6.45, 7) is 4.57. The number of nitrogens with one attached hydrogen (secondary N) is 1. The quantitative estimate of drug-likeness (QED) is 0.483. The third-order valence-electron chi connectivity index (χ3n) is 8.49. The Morgan fingerprint density at radius 2 is 1.69 bits per heavy atom. The normalized spacial score (nSPS) is 28.1. The minimum Gasteiger partial charge on any atom is -0.342 e. The van der Waals surface area contributed by atoms with E-state index in [0.717, 1.165) is 57.3 Å². The minimum atomic E-state index is -0.938. The molecule has 7 nitrogen and oxygen atoms in total. The van der Waals surface area contributed by atoms with E-state index in [0.29, 0.717) is 26.1 Å². The van der Waals surface area contributed by atoms with E-state index in [9.17, 15) is 14.4 Å². The van der Waals surface area contributed by atoms with Crippen LogP contribution in [0.1, 0.15) is 50.5 Å². The maximum Gasteiger partial charge on any atom is 0.325 e. The fourth-order valence-corrected chi connectivity index (χ4v) is 6.42. The lowest BCUT2D eigenvalue weighted by Gasteiger charge is -2.42. The Hall–Kier alpha value is -2.67. The van der Waals surface area contributed by atoms with E-state index in [1.165, 1.54) is 17.7 Å². The molecule has 3 saturated heterocycles. The van der Waals surface area contributed by atoms with Gasteiger partial charge in [0.25, 0.3) is 5.91 Å². The molecule has 0 spiro atoms. The lowest BCUT2D eigenvalue weighted by molar-refractivity contribution is -0.139. The average molecular weight is 479 g/mol. The Morgan fingerprint density at radius 3 is 2.37 bits per heavy atom. The van der Waals surface area contributed by atoms with Crippen molar-refractivity contribution in [2.24, 2.45) is 11.8 Å². The Labute approximate surface area is 208 Å².